The van der Waals surface area contributed by atoms with Crippen LogP contribution in [0.2, 0.25) is 0 Å². The highest BCUT2D eigenvalue weighted by atomic mass is 32.1. The van der Waals surface area contributed by atoms with Gasteiger partial charge in [0.1, 0.15) is 0 Å². The molecule has 0 bridgehead atoms. The molecule has 1 amide bonds. The van der Waals surface area contributed by atoms with E-state index in [0.29, 0.717) is 13.1 Å². The van der Waals surface area contributed by atoms with Gasteiger partial charge in [-0.25, -0.2) is 0 Å². The Morgan fingerprint density at radius 3 is 2.74 bits per heavy atom. The largest absolute Gasteiger partial charge is 0.481 e. The lowest BCUT2D eigenvalue weighted by atomic mass is 9.87. The second-order valence-electron chi connectivity index (χ2n) is 4.93. The number of carbonyl (C=O) groups excluding carboxylic acids is 1. The Morgan fingerprint density at radius 1 is 1.53 bits per heavy atom. The number of rotatable bonds is 4. The van der Waals surface area contributed by atoms with Gasteiger partial charge in [0, 0.05) is 30.0 Å². The van der Waals surface area contributed by atoms with E-state index in [-0.39, 0.29) is 17.7 Å². The quantitative estimate of drug-likeness (QED) is 0.860. The predicted octanol–water partition coefficient (Wildman–Crippen LogP) is 2.25. The lowest BCUT2D eigenvalue weighted by molar-refractivity contribution is -0.148. The molecule has 102 valence electrons. The summed E-state index contributed by atoms with van der Waals surface area (Å²) in [7, 11) is 0. The van der Waals surface area contributed by atoms with Crippen LogP contribution in [0.4, 0.5) is 0 Å². The minimum Gasteiger partial charge on any atom is -0.481 e. The highest BCUT2D eigenvalue weighted by molar-refractivity contribution is 7.11. The van der Waals surface area contributed by atoms with E-state index < -0.39 is 5.97 Å². The van der Waals surface area contributed by atoms with Crippen LogP contribution in [0.15, 0.2) is 17.5 Å². The third kappa shape index (κ3) is 3.04. The van der Waals surface area contributed by atoms with Crippen molar-refractivity contribution in [3.63, 3.8) is 0 Å². The highest BCUT2D eigenvalue weighted by Crippen LogP contribution is 2.24. The molecule has 0 aromatic carbocycles. The molecule has 0 aliphatic carbocycles. The summed E-state index contributed by atoms with van der Waals surface area (Å²) in [6, 6.07) is 2.02. The first-order chi connectivity index (χ1) is 8.99. The lowest BCUT2D eigenvalue weighted by Gasteiger charge is -2.40. The number of likely N-dealkylation sites (tertiary alicyclic amines) is 1. The number of amides is 1. The van der Waals surface area contributed by atoms with Crippen LogP contribution in [0.25, 0.3) is 6.08 Å². The van der Waals surface area contributed by atoms with Crippen LogP contribution in [0.3, 0.4) is 0 Å². The minimum atomic E-state index is -0.790. The molecule has 2 rings (SSSR count). The van der Waals surface area contributed by atoms with Crippen molar-refractivity contribution in [2.75, 3.05) is 13.1 Å². The molecule has 2 heterocycles. The van der Waals surface area contributed by atoms with Crippen LogP contribution >= 0.6 is 11.3 Å². The predicted molar refractivity (Wildman–Crippen MR) is 75.0 cm³/mol. The SMILES string of the molecule is Cc1ccsc1/C=C/C(=O)N1CC(C(C)C(=O)O)C1. The third-order valence-corrected chi connectivity index (χ3v) is 4.58. The summed E-state index contributed by atoms with van der Waals surface area (Å²) in [6.07, 6.45) is 3.40. The average Bonchev–Trinajstić information content (AvgIpc) is 2.70. The summed E-state index contributed by atoms with van der Waals surface area (Å²) in [5.41, 5.74) is 1.16. The van der Waals surface area contributed by atoms with Crippen molar-refractivity contribution in [3.05, 3.63) is 28.0 Å². The van der Waals surface area contributed by atoms with E-state index in [9.17, 15) is 9.59 Å². The molecule has 1 unspecified atom stereocenters. The summed E-state index contributed by atoms with van der Waals surface area (Å²) >= 11 is 1.60. The molecule has 19 heavy (non-hydrogen) atoms. The smallest absolute Gasteiger partial charge is 0.306 e. The fourth-order valence-electron chi connectivity index (χ4n) is 2.02. The third-order valence-electron chi connectivity index (χ3n) is 3.60. The number of aryl methyl sites for hydroxylation is 1. The van der Waals surface area contributed by atoms with Gasteiger partial charge < -0.3 is 10.0 Å². The van der Waals surface area contributed by atoms with Crippen LogP contribution in [-0.4, -0.2) is 35.0 Å². The van der Waals surface area contributed by atoms with E-state index in [4.69, 9.17) is 5.11 Å². The molecular weight excluding hydrogens is 262 g/mol. The number of hydrogen-bond donors (Lipinski definition) is 1. The van der Waals surface area contributed by atoms with Gasteiger partial charge in [0.25, 0.3) is 0 Å². The molecule has 1 atom stereocenters. The van der Waals surface area contributed by atoms with E-state index >= 15 is 0 Å². The van der Waals surface area contributed by atoms with E-state index in [2.05, 4.69) is 0 Å². The fraction of sp³-hybridized carbons (Fsp3) is 0.429. The normalized spacial score (nSPS) is 17.5. The summed E-state index contributed by atoms with van der Waals surface area (Å²) < 4.78 is 0. The molecule has 1 aromatic rings. The van der Waals surface area contributed by atoms with Crippen LogP contribution in [0.1, 0.15) is 17.4 Å². The van der Waals surface area contributed by atoms with Crippen LogP contribution in [-0.2, 0) is 9.59 Å². The Hall–Kier alpha value is -1.62. The maximum atomic E-state index is 11.9. The first kappa shape index (κ1) is 13.8. The number of carboxylic acid groups (broad SMARTS) is 1. The van der Waals surface area contributed by atoms with Gasteiger partial charge in [0.2, 0.25) is 5.91 Å². The molecular formula is C14H17NO3S. The fourth-order valence-corrected chi connectivity index (χ4v) is 2.84. The van der Waals surface area contributed by atoms with Gasteiger partial charge in [0.05, 0.1) is 5.92 Å². The standard InChI is InChI=1S/C14H17NO3S/c1-9-5-6-19-12(9)3-4-13(16)15-7-11(8-15)10(2)14(17)18/h3-6,10-11H,7-8H2,1-2H3,(H,17,18)/b4-3+. The summed E-state index contributed by atoms with van der Waals surface area (Å²) in [6.45, 7) is 4.79. The highest BCUT2D eigenvalue weighted by Gasteiger charge is 2.36. The van der Waals surface area contributed by atoms with Gasteiger partial charge in [-0.2, -0.15) is 0 Å². The molecule has 1 aliphatic rings. The summed E-state index contributed by atoms with van der Waals surface area (Å²) in [4.78, 5) is 25.5. The zero-order valence-electron chi connectivity index (χ0n) is 11.0. The Morgan fingerprint density at radius 2 is 2.21 bits per heavy atom. The minimum absolute atomic E-state index is 0.0401. The molecule has 0 spiro atoms. The molecule has 5 heteroatoms. The van der Waals surface area contributed by atoms with Crippen molar-refractivity contribution >= 4 is 29.3 Å². The van der Waals surface area contributed by atoms with Crippen molar-refractivity contribution in [1.29, 1.82) is 0 Å². The van der Waals surface area contributed by atoms with Gasteiger partial charge >= 0.3 is 5.97 Å². The number of carboxylic acids is 1. The number of nitrogens with zero attached hydrogens (tertiary/aromatic N) is 1. The molecule has 1 fully saturated rings. The zero-order valence-corrected chi connectivity index (χ0v) is 11.8. The van der Waals surface area contributed by atoms with E-state index in [1.165, 1.54) is 0 Å². The van der Waals surface area contributed by atoms with Gasteiger partial charge in [-0.15, -0.1) is 11.3 Å². The van der Waals surface area contributed by atoms with Crippen molar-refractivity contribution in [1.82, 2.24) is 4.90 Å². The first-order valence-electron chi connectivity index (χ1n) is 6.23. The van der Waals surface area contributed by atoms with E-state index in [1.807, 2.05) is 24.4 Å². The molecule has 1 saturated heterocycles. The molecule has 1 aromatic heterocycles. The first-order valence-corrected chi connectivity index (χ1v) is 7.11. The number of thiophene rings is 1. The summed E-state index contributed by atoms with van der Waals surface area (Å²) in [5.74, 6) is -1.13. The number of hydrogen-bond acceptors (Lipinski definition) is 3. The van der Waals surface area contributed by atoms with Gasteiger partial charge in [-0.1, -0.05) is 6.92 Å². The second-order valence-corrected chi connectivity index (χ2v) is 5.88. The average molecular weight is 279 g/mol. The van der Waals surface area contributed by atoms with Crippen molar-refractivity contribution in [2.45, 2.75) is 13.8 Å². The van der Waals surface area contributed by atoms with Crippen LogP contribution < -0.4 is 0 Å². The van der Waals surface area contributed by atoms with E-state index in [1.54, 1.807) is 29.2 Å². The Balaban J connectivity index is 1.86. The summed E-state index contributed by atoms with van der Waals surface area (Å²) in [5, 5.41) is 10.9. The second kappa shape index (κ2) is 5.57. The zero-order chi connectivity index (χ0) is 14.0. The van der Waals surface area contributed by atoms with Crippen LogP contribution in [0, 0.1) is 18.8 Å². The monoisotopic (exact) mass is 279 g/mol. The van der Waals surface area contributed by atoms with Gasteiger partial charge in [0.15, 0.2) is 0 Å². The van der Waals surface area contributed by atoms with Gasteiger partial charge in [-0.05, 0) is 30.0 Å². The molecule has 1 aliphatic heterocycles. The number of carbonyl (C=O) groups is 2. The van der Waals surface area contributed by atoms with Crippen LogP contribution in [0.5, 0.6) is 0 Å². The Kier molecular flexibility index (Phi) is 4.04. The van der Waals surface area contributed by atoms with E-state index in [0.717, 1.165) is 10.4 Å². The Labute approximate surface area is 116 Å². The van der Waals surface area contributed by atoms with Crippen molar-refractivity contribution in [2.24, 2.45) is 11.8 Å². The maximum absolute atomic E-state index is 11.9. The van der Waals surface area contributed by atoms with Crippen molar-refractivity contribution in [3.8, 4) is 0 Å². The molecule has 0 radical (unpaired) electrons. The maximum Gasteiger partial charge on any atom is 0.306 e. The van der Waals surface area contributed by atoms with Gasteiger partial charge in [-0.3, -0.25) is 9.59 Å². The molecule has 4 nitrogen and oxygen atoms in total. The topological polar surface area (TPSA) is 57.6 Å². The molecule has 0 saturated carbocycles. The molecule has 1 N–H and O–H groups in total. The Bertz CT molecular complexity index is 515. The number of aliphatic carboxylic acids is 1. The van der Waals surface area contributed by atoms with Crippen molar-refractivity contribution < 1.29 is 14.7 Å². The lowest BCUT2D eigenvalue weighted by Crippen LogP contribution is -2.53.